The summed E-state index contributed by atoms with van der Waals surface area (Å²) >= 11 is 1.99. The van der Waals surface area contributed by atoms with E-state index in [0.717, 1.165) is 16.4 Å². The van der Waals surface area contributed by atoms with Crippen molar-refractivity contribution >= 4 is 57.8 Å². The minimum atomic E-state index is -1.34. The van der Waals surface area contributed by atoms with Crippen LogP contribution in [-0.2, 0) is 24.0 Å². The van der Waals surface area contributed by atoms with E-state index in [1.165, 1.54) is 11.8 Å². The maximum Gasteiger partial charge on any atom is 0.352 e. The Kier molecular flexibility index (Phi) is 9.02. The lowest BCUT2D eigenvalue weighted by molar-refractivity contribution is -0.900. The Labute approximate surface area is 223 Å². The number of nitrogen functional groups attached to an aromatic ring is 1. The second kappa shape index (κ2) is 11.8. The highest BCUT2D eigenvalue weighted by Gasteiger charge is 2.54. The van der Waals surface area contributed by atoms with Crippen LogP contribution < -0.4 is 16.8 Å². The summed E-state index contributed by atoms with van der Waals surface area (Å²) in [6, 6.07) is -1.96. The molecule has 1 saturated heterocycles. The van der Waals surface area contributed by atoms with Crippen molar-refractivity contribution in [2.75, 3.05) is 45.6 Å². The highest BCUT2D eigenvalue weighted by atomic mass is 32.2. The number of quaternary nitrogens is 1. The number of rotatable bonds is 12. The van der Waals surface area contributed by atoms with E-state index in [-0.39, 0.29) is 33.4 Å². The molecule has 7 N–H and O–H groups in total. The van der Waals surface area contributed by atoms with Crippen LogP contribution in [-0.4, -0.2) is 116 Å². The van der Waals surface area contributed by atoms with Gasteiger partial charge in [-0.2, -0.15) is 9.36 Å². The fraction of sp³-hybridized carbons (Fsp3) is 0.450. The number of aliphatic hydroxyl groups is 1. The van der Waals surface area contributed by atoms with E-state index in [1.54, 1.807) is 26.2 Å². The van der Waals surface area contributed by atoms with Gasteiger partial charge in [0.15, 0.2) is 11.2 Å². The van der Waals surface area contributed by atoms with Crippen molar-refractivity contribution in [3.05, 3.63) is 29.2 Å². The number of aromatic nitrogens is 2. The summed E-state index contributed by atoms with van der Waals surface area (Å²) in [7, 11) is 3.37. The van der Waals surface area contributed by atoms with Crippen LogP contribution in [0.5, 0.6) is 0 Å². The predicted molar refractivity (Wildman–Crippen MR) is 134 cm³/mol. The summed E-state index contributed by atoms with van der Waals surface area (Å²) in [5.74, 6) is -3.66. The number of likely N-dealkylation sites (N-methyl/N-ethyl adjacent to an activating group) is 1. The average molecular weight is 574 g/mol. The lowest BCUT2D eigenvalue weighted by Gasteiger charge is -2.49. The smallest absolute Gasteiger partial charge is 0.352 e. The number of carboxylic acid groups (broad SMARTS) is 1. The number of amides is 3. The Morgan fingerprint density at radius 1 is 1.42 bits per heavy atom. The number of thioether (sulfide) groups is 1. The minimum absolute atomic E-state index is 0.0231. The van der Waals surface area contributed by atoms with Crippen LogP contribution in [0.4, 0.5) is 9.52 Å². The van der Waals surface area contributed by atoms with Gasteiger partial charge < -0.3 is 36.3 Å². The van der Waals surface area contributed by atoms with Gasteiger partial charge in [0.05, 0.1) is 20.6 Å². The number of nitrogens with one attached hydrogen (secondary N) is 1. The molecule has 2 unspecified atom stereocenters. The number of anilines is 1. The molecule has 0 radical (unpaired) electrons. The molecule has 1 aromatic rings. The highest BCUT2D eigenvalue weighted by molar-refractivity contribution is 8.00. The molecule has 2 aliphatic heterocycles. The van der Waals surface area contributed by atoms with Gasteiger partial charge >= 0.3 is 5.97 Å². The Balaban J connectivity index is 1.77. The molecule has 1 fully saturated rings. The highest BCUT2D eigenvalue weighted by Crippen LogP contribution is 2.40. The zero-order valence-electron chi connectivity index (χ0n) is 20.2. The second-order valence-corrected chi connectivity index (χ2v) is 10.5. The van der Waals surface area contributed by atoms with E-state index < -0.39 is 60.3 Å². The molecule has 0 bridgehead atoms. The molecular weight excluding hydrogens is 547 g/mol. The van der Waals surface area contributed by atoms with Crippen LogP contribution in [0.2, 0.25) is 0 Å². The molecule has 3 atom stereocenters. The first-order chi connectivity index (χ1) is 17.9. The fourth-order valence-electron chi connectivity index (χ4n) is 3.83. The van der Waals surface area contributed by atoms with Crippen LogP contribution in [0.1, 0.15) is 5.82 Å². The molecule has 206 valence electrons. The van der Waals surface area contributed by atoms with Crippen LogP contribution in [0, 0.1) is 0 Å². The number of alkyl halides is 1. The van der Waals surface area contributed by atoms with Crippen molar-refractivity contribution in [3.63, 3.8) is 0 Å². The molecule has 0 spiro atoms. The number of hydrogen-bond donors (Lipinski definition) is 5. The van der Waals surface area contributed by atoms with Crippen molar-refractivity contribution < 1.29 is 43.1 Å². The molecule has 0 aliphatic carbocycles. The summed E-state index contributed by atoms with van der Waals surface area (Å²) in [5.41, 5.74) is 10.5. The Morgan fingerprint density at radius 2 is 2.13 bits per heavy atom. The number of hydrogen-bond acceptors (Lipinski definition) is 12. The van der Waals surface area contributed by atoms with Gasteiger partial charge in [-0.15, -0.1) is 11.8 Å². The summed E-state index contributed by atoms with van der Waals surface area (Å²) in [5, 5.41) is 24.4. The van der Waals surface area contributed by atoms with E-state index in [0.29, 0.717) is 5.57 Å². The van der Waals surface area contributed by atoms with E-state index in [2.05, 4.69) is 24.7 Å². The van der Waals surface area contributed by atoms with Crippen LogP contribution in [0.3, 0.4) is 0 Å². The van der Waals surface area contributed by atoms with Gasteiger partial charge in [0.1, 0.15) is 23.7 Å². The zero-order valence-corrected chi connectivity index (χ0v) is 21.9. The van der Waals surface area contributed by atoms with Gasteiger partial charge in [-0.3, -0.25) is 19.3 Å². The summed E-state index contributed by atoms with van der Waals surface area (Å²) in [6.07, 6.45) is 3.17. The molecule has 3 heterocycles. The van der Waals surface area contributed by atoms with Crippen molar-refractivity contribution in [2.45, 2.75) is 17.5 Å². The van der Waals surface area contributed by atoms with E-state index >= 15 is 0 Å². The van der Waals surface area contributed by atoms with E-state index in [4.69, 9.17) is 11.5 Å². The van der Waals surface area contributed by atoms with E-state index in [9.17, 15) is 33.8 Å². The first-order valence-electron chi connectivity index (χ1n) is 10.9. The Hall–Kier alpha value is -3.61. The molecule has 3 rings (SSSR count). The third kappa shape index (κ3) is 5.93. The number of aliphatic carboxylic acids is 1. The Bertz CT molecular complexity index is 1220. The number of nitrogens with zero attached hydrogens (tertiary/aromatic N) is 5. The predicted octanol–water partition coefficient (Wildman–Crippen LogP) is -2.01. The normalized spacial score (nSPS) is 20.7. The molecule has 1 aromatic heterocycles. The number of oxime groups is 1. The summed E-state index contributed by atoms with van der Waals surface area (Å²) < 4.78 is 16.3. The van der Waals surface area contributed by atoms with Crippen molar-refractivity contribution in [2.24, 2.45) is 10.9 Å². The standard InChI is InChI=1S/C20H25FN8O7S2/c1-29(2,10(6-30)14(22)31)5-3-4-9-7-37-18-12(17(33)28(18)13(9)19(34)35)24-16(32)11(26-36-8-21)15-25-20(23)38-27-15/h3-4,10,12,18,30H,5-8H2,1-2H3,(H5-,22,23,24,25,27,31,32,34,35)/p+1/b4-3+,26-11-/t10-,12?,18?/m1/s1. The number of carboxylic acids is 1. The Morgan fingerprint density at radius 3 is 2.68 bits per heavy atom. The van der Waals surface area contributed by atoms with Crippen molar-refractivity contribution in [1.82, 2.24) is 19.6 Å². The maximum absolute atomic E-state index is 12.9. The number of nitrogens with two attached hydrogens (primary N) is 2. The second-order valence-electron chi connectivity index (χ2n) is 8.64. The van der Waals surface area contributed by atoms with Crippen molar-refractivity contribution in [1.29, 1.82) is 0 Å². The fourth-order valence-corrected chi connectivity index (χ4v) is 5.59. The molecular formula is C20H26FN8O7S2+. The zero-order chi connectivity index (χ0) is 28.2. The lowest BCUT2D eigenvalue weighted by atomic mass is 10.0. The number of allylic oxidation sites excluding steroid dienone is 1. The molecule has 18 heteroatoms. The van der Waals surface area contributed by atoms with Crippen LogP contribution in [0.25, 0.3) is 0 Å². The number of halogens is 1. The van der Waals surface area contributed by atoms with Crippen LogP contribution in [0.15, 0.2) is 28.6 Å². The summed E-state index contributed by atoms with van der Waals surface area (Å²) in [4.78, 5) is 58.6. The third-order valence-corrected chi connectivity index (χ3v) is 7.65. The molecule has 3 amide bonds. The first-order valence-corrected chi connectivity index (χ1v) is 12.7. The van der Waals surface area contributed by atoms with Gasteiger partial charge in [-0.05, 0) is 11.6 Å². The van der Waals surface area contributed by atoms with Crippen LogP contribution >= 0.6 is 23.3 Å². The monoisotopic (exact) mass is 573 g/mol. The maximum atomic E-state index is 12.9. The number of fused-ring (bicyclic) bond motifs is 1. The molecule has 0 saturated carbocycles. The van der Waals surface area contributed by atoms with E-state index in [1.807, 2.05) is 0 Å². The summed E-state index contributed by atoms with van der Waals surface area (Å²) in [6.45, 7) is -1.54. The van der Waals surface area contributed by atoms with Crippen molar-refractivity contribution in [3.8, 4) is 0 Å². The van der Waals surface area contributed by atoms with Gasteiger partial charge in [-0.1, -0.05) is 11.2 Å². The number of aliphatic hydroxyl groups excluding tert-OH is 1. The van der Waals surface area contributed by atoms with Gasteiger partial charge in [-0.25, -0.2) is 9.18 Å². The quantitative estimate of drug-likeness (QED) is 0.0794. The molecule has 38 heavy (non-hydrogen) atoms. The number of carbonyl (C=O) groups is 4. The lowest BCUT2D eigenvalue weighted by Crippen LogP contribution is -2.71. The first kappa shape index (κ1) is 29.0. The molecule has 15 nitrogen and oxygen atoms in total. The number of β-lactam (4-membered cyclic amide) rings is 1. The van der Waals surface area contributed by atoms with Gasteiger partial charge in [0, 0.05) is 17.3 Å². The molecule has 0 aromatic carbocycles. The minimum Gasteiger partial charge on any atom is -0.477 e. The largest absolute Gasteiger partial charge is 0.477 e. The molecule has 2 aliphatic rings. The average Bonchev–Trinajstić information content (AvgIpc) is 3.27. The SMILES string of the molecule is C[N+](C)(C/C=C/C1=C(C(=O)O)N2C(=O)C(NC(=O)/C(=N\OCF)c3nsc(N)n3)C2SC1)[C@H](CO)C(N)=O. The van der Waals surface area contributed by atoms with Gasteiger partial charge in [0.2, 0.25) is 11.5 Å². The topological polar surface area (TPSA) is 223 Å². The van der Waals surface area contributed by atoms with Gasteiger partial charge in [0.25, 0.3) is 24.6 Å². The third-order valence-electron chi connectivity index (χ3n) is 5.80. The number of carbonyl (C=O) groups excluding carboxylic acids is 3. The number of primary amides is 1.